The molecule has 11 nitrogen and oxygen atoms in total. The smallest absolute Gasteiger partial charge is 0.247 e. The topological polar surface area (TPSA) is 114 Å². The number of carbonyl (C=O) groups excluding carboxylic acids is 1. The molecule has 0 saturated carbocycles. The summed E-state index contributed by atoms with van der Waals surface area (Å²) in [5, 5.41) is 15.4. The van der Waals surface area contributed by atoms with Crippen LogP contribution in [-0.4, -0.2) is 69.4 Å². The van der Waals surface area contributed by atoms with Crippen LogP contribution in [0.5, 0.6) is 5.75 Å². The number of aromatic nitrogens is 5. The van der Waals surface area contributed by atoms with Crippen molar-refractivity contribution < 1.29 is 9.53 Å². The van der Waals surface area contributed by atoms with E-state index in [0.29, 0.717) is 29.6 Å². The zero-order valence-electron chi connectivity index (χ0n) is 26.4. The van der Waals surface area contributed by atoms with E-state index < -0.39 is 0 Å². The van der Waals surface area contributed by atoms with E-state index in [1.165, 1.54) is 17.2 Å². The van der Waals surface area contributed by atoms with Gasteiger partial charge in [0.05, 0.1) is 46.8 Å². The fourth-order valence-electron chi connectivity index (χ4n) is 5.96. The van der Waals surface area contributed by atoms with E-state index in [1.807, 2.05) is 51.1 Å². The van der Waals surface area contributed by atoms with Crippen LogP contribution in [0, 0.1) is 6.92 Å². The van der Waals surface area contributed by atoms with E-state index in [4.69, 9.17) is 14.7 Å². The Morgan fingerprint density at radius 1 is 1.16 bits per heavy atom. The standard InChI is InChI=1S/C34H39N9O2/c1-7-31(44)37-27-17-28(30(45-6)18-26(27)35-13-15-41(3)4)38-34-36-19-24(29-16-21(2)40-42(29)5)32(39-34)25-20-43-14-9-11-22-10-8-12-23(25)33(22)43/h7-8,10,12,16-20,35H,1,9,11,13-15H2,2-6H3,(H,37,44)(H,36,38,39). The van der Waals surface area contributed by atoms with Gasteiger partial charge in [0.15, 0.2) is 0 Å². The number of aryl methyl sites for hydroxylation is 4. The molecule has 232 valence electrons. The summed E-state index contributed by atoms with van der Waals surface area (Å²) in [4.78, 5) is 24.3. The predicted octanol–water partition coefficient (Wildman–Crippen LogP) is 5.60. The van der Waals surface area contributed by atoms with Gasteiger partial charge in [-0.3, -0.25) is 9.48 Å². The highest BCUT2D eigenvalue weighted by Crippen LogP contribution is 2.40. The Morgan fingerprint density at radius 3 is 2.73 bits per heavy atom. The minimum Gasteiger partial charge on any atom is -0.494 e. The van der Waals surface area contributed by atoms with Gasteiger partial charge in [0, 0.05) is 61.7 Å². The number of benzene rings is 2. The molecule has 1 amide bonds. The first kappa shape index (κ1) is 29.9. The Bertz CT molecular complexity index is 1900. The van der Waals surface area contributed by atoms with Crippen molar-refractivity contribution in [1.82, 2.24) is 29.2 Å². The van der Waals surface area contributed by atoms with Gasteiger partial charge in [-0.2, -0.15) is 5.10 Å². The first-order chi connectivity index (χ1) is 21.7. The van der Waals surface area contributed by atoms with Crippen molar-refractivity contribution in [2.45, 2.75) is 26.3 Å². The largest absolute Gasteiger partial charge is 0.494 e. The second-order valence-electron chi connectivity index (χ2n) is 11.5. The van der Waals surface area contributed by atoms with E-state index in [1.54, 1.807) is 7.11 Å². The van der Waals surface area contributed by atoms with Crippen molar-refractivity contribution in [3.63, 3.8) is 0 Å². The molecule has 0 spiro atoms. The van der Waals surface area contributed by atoms with Gasteiger partial charge in [-0.1, -0.05) is 24.8 Å². The summed E-state index contributed by atoms with van der Waals surface area (Å²) in [6, 6.07) is 12.2. The number of ether oxygens (including phenoxy) is 1. The van der Waals surface area contributed by atoms with Crippen molar-refractivity contribution >= 4 is 39.8 Å². The first-order valence-corrected chi connectivity index (χ1v) is 15.1. The maximum absolute atomic E-state index is 12.4. The van der Waals surface area contributed by atoms with Crippen LogP contribution in [0.25, 0.3) is 33.4 Å². The van der Waals surface area contributed by atoms with Crippen LogP contribution in [0.2, 0.25) is 0 Å². The third kappa shape index (κ3) is 5.99. The average molecular weight is 606 g/mol. The molecule has 2 aromatic carbocycles. The minimum absolute atomic E-state index is 0.316. The number of methoxy groups -OCH3 is 1. The molecule has 0 radical (unpaired) electrons. The molecule has 0 atom stereocenters. The second kappa shape index (κ2) is 12.4. The Morgan fingerprint density at radius 2 is 2.00 bits per heavy atom. The number of rotatable bonds is 11. The predicted molar refractivity (Wildman–Crippen MR) is 180 cm³/mol. The summed E-state index contributed by atoms with van der Waals surface area (Å²) in [6.45, 7) is 8.05. The van der Waals surface area contributed by atoms with E-state index in [0.717, 1.165) is 65.2 Å². The summed E-state index contributed by atoms with van der Waals surface area (Å²) < 4.78 is 9.99. The minimum atomic E-state index is -0.316. The van der Waals surface area contributed by atoms with E-state index in [9.17, 15) is 4.79 Å². The van der Waals surface area contributed by atoms with Crippen LogP contribution in [0.15, 0.2) is 61.4 Å². The van der Waals surface area contributed by atoms with Crippen LogP contribution >= 0.6 is 0 Å². The normalized spacial score (nSPS) is 12.4. The molecular formula is C34H39N9O2. The molecule has 3 aromatic heterocycles. The van der Waals surface area contributed by atoms with Gasteiger partial charge in [0.2, 0.25) is 11.9 Å². The number of hydrogen-bond acceptors (Lipinski definition) is 8. The fourth-order valence-corrected chi connectivity index (χ4v) is 5.96. The van der Waals surface area contributed by atoms with Crippen molar-refractivity contribution in [3.8, 4) is 28.3 Å². The van der Waals surface area contributed by atoms with Gasteiger partial charge < -0.3 is 30.2 Å². The molecule has 0 unspecified atom stereocenters. The third-order valence-corrected chi connectivity index (χ3v) is 8.05. The number of carbonyl (C=O) groups is 1. The number of nitrogens with zero attached hydrogens (tertiary/aromatic N) is 6. The van der Waals surface area contributed by atoms with Crippen LogP contribution in [0.4, 0.5) is 23.0 Å². The molecular weight excluding hydrogens is 566 g/mol. The van der Waals surface area contributed by atoms with Crippen molar-refractivity contribution in [2.24, 2.45) is 7.05 Å². The van der Waals surface area contributed by atoms with Gasteiger partial charge in [-0.05, 0) is 57.6 Å². The van der Waals surface area contributed by atoms with Crippen LogP contribution in [0.3, 0.4) is 0 Å². The van der Waals surface area contributed by atoms with Gasteiger partial charge in [0.25, 0.3) is 0 Å². The molecule has 0 saturated heterocycles. The third-order valence-electron chi connectivity index (χ3n) is 8.05. The molecule has 6 rings (SSSR count). The van der Waals surface area contributed by atoms with E-state index >= 15 is 0 Å². The molecule has 45 heavy (non-hydrogen) atoms. The maximum Gasteiger partial charge on any atom is 0.247 e. The van der Waals surface area contributed by atoms with Crippen LogP contribution in [0.1, 0.15) is 17.7 Å². The summed E-state index contributed by atoms with van der Waals surface area (Å²) in [5.41, 5.74) is 9.12. The number of nitrogens with one attached hydrogen (secondary N) is 3. The quantitative estimate of drug-likeness (QED) is 0.167. The summed E-state index contributed by atoms with van der Waals surface area (Å²) in [6.07, 6.45) is 7.47. The molecule has 1 aliphatic heterocycles. The molecule has 0 aliphatic carbocycles. The van der Waals surface area contributed by atoms with E-state index in [-0.39, 0.29) is 5.91 Å². The number of likely N-dealkylation sites (N-methyl/N-ethyl adjacent to an activating group) is 1. The molecule has 5 aromatic rings. The van der Waals surface area contributed by atoms with Gasteiger partial charge in [-0.25, -0.2) is 9.97 Å². The number of para-hydroxylation sites is 1. The fraction of sp³-hybridized carbons (Fsp3) is 0.294. The monoisotopic (exact) mass is 605 g/mol. The second-order valence-corrected chi connectivity index (χ2v) is 11.5. The Labute approximate surface area is 262 Å². The Hall–Kier alpha value is -5.16. The lowest BCUT2D eigenvalue weighted by Crippen LogP contribution is -2.21. The maximum atomic E-state index is 12.4. The highest BCUT2D eigenvalue weighted by molar-refractivity contribution is 6.02. The highest BCUT2D eigenvalue weighted by atomic mass is 16.5. The summed E-state index contributed by atoms with van der Waals surface area (Å²) >= 11 is 0. The average Bonchev–Trinajstić information content (AvgIpc) is 3.57. The summed E-state index contributed by atoms with van der Waals surface area (Å²) in [7, 11) is 7.57. The van der Waals surface area contributed by atoms with Crippen molar-refractivity contribution in [1.29, 1.82) is 0 Å². The lowest BCUT2D eigenvalue weighted by Gasteiger charge is -2.19. The molecule has 1 aliphatic rings. The van der Waals surface area contributed by atoms with Crippen LogP contribution < -0.4 is 20.7 Å². The SMILES string of the molecule is C=CC(=O)Nc1cc(Nc2ncc(-c3cc(C)nn3C)c(-c3cn4c5c(cccc35)CCC4)n2)c(OC)cc1NCCN(C)C. The van der Waals surface area contributed by atoms with Gasteiger partial charge in [0.1, 0.15) is 5.75 Å². The number of anilines is 4. The first-order valence-electron chi connectivity index (χ1n) is 15.1. The molecule has 0 bridgehead atoms. The zero-order chi connectivity index (χ0) is 31.7. The highest BCUT2D eigenvalue weighted by Gasteiger charge is 2.23. The van der Waals surface area contributed by atoms with Gasteiger partial charge in [-0.15, -0.1) is 0 Å². The number of amides is 1. The molecule has 4 heterocycles. The molecule has 0 fully saturated rings. The lowest BCUT2D eigenvalue weighted by atomic mass is 10.00. The van der Waals surface area contributed by atoms with Crippen molar-refractivity contribution in [3.05, 3.63) is 72.7 Å². The number of hydrogen-bond donors (Lipinski definition) is 3. The van der Waals surface area contributed by atoms with Crippen LogP contribution in [-0.2, 0) is 24.8 Å². The molecule has 3 N–H and O–H groups in total. The lowest BCUT2D eigenvalue weighted by molar-refractivity contribution is -0.111. The Kier molecular flexibility index (Phi) is 8.27. The van der Waals surface area contributed by atoms with Gasteiger partial charge >= 0.3 is 0 Å². The van der Waals surface area contributed by atoms with E-state index in [2.05, 4.69) is 67.6 Å². The van der Waals surface area contributed by atoms with Crippen molar-refractivity contribution in [2.75, 3.05) is 50.2 Å². The Balaban J connectivity index is 1.46. The zero-order valence-corrected chi connectivity index (χ0v) is 26.4. The summed E-state index contributed by atoms with van der Waals surface area (Å²) in [5.74, 6) is 0.652. The molecule has 11 heteroatoms.